The van der Waals surface area contributed by atoms with E-state index in [4.69, 9.17) is 0 Å². The Morgan fingerprint density at radius 3 is 2.42 bits per heavy atom. The van der Waals surface area contributed by atoms with E-state index in [2.05, 4.69) is 10.3 Å². The molecule has 5 rings (SSSR count). The third-order valence-electron chi connectivity index (χ3n) is 7.38. The van der Waals surface area contributed by atoms with E-state index in [0.717, 1.165) is 11.8 Å². The Bertz CT molecular complexity index is 1100. The Morgan fingerprint density at radius 1 is 1.00 bits per heavy atom. The number of nitrogens with zero attached hydrogens (tertiary/aromatic N) is 4. The van der Waals surface area contributed by atoms with Gasteiger partial charge in [-0.1, -0.05) is 36.4 Å². The molecule has 2 aromatic carbocycles. The standard InChI is InChI=1S/C26H30F3N5O2/c1-31-16-21(23-22(17-31)25(36)34(30-23)20-8-3-2-4-9-20)24(35)33-12-10-32(11-13-33)15-18-6-5-7-19(14-18)26(27,28)29/h2-9,14,21-23,30H,10-13,15-17H2,1H3. The van der Waals surface area contributed by atoms with Crippen LogP contribution in [0.1, 0.15) is 11.1 Å². The topological polar surface area (TPSA) is 59.1 Å². The van der Waals surface area contributed by atoms with Gasteiger partial charge in [0.1, 0.15) is 0 Å². The van der Waals surface area contributed by atoms with Gasteiger partial charge in [-0.2, -0.15) is 13.2 Å². The summed E-state index contributed by atoms with van der Waals surface area (Å²) in [5.74, 6) is -0.673. The van der Waals surface area contributed by atoms with Gasteiger partial charge < -0.3 is 9.80 Å². The molecule has 1 N–H and O–H groups in total. The lowest BCUT2D eigenvalue weighted by atomic mass is 9.84. The van der Waals surface area contributed by atoms with E-state index in [0.29, 0.717) is 51.4 Å². The minimum Gasteiger partial charge on any atom is -0.340 e. The summed E-state index contributed by atoms with van der Waals surface area (Å²) in [5, 5.41) is 1.57. The molecule has 192 valence electrons. The van der Waals surface area contributed by atoms with Crippen LogP contribution in [-0.2, 0) is 22.3 Å². The first-order valence-electron chi connectivity index (χ1n) is 12.2. The first-order chi connectivity index (χ1) is 17.2. The summed E-state index contributed by atoms with van der Waals surface area (Å²) in [5.41, 5.74) is 4.04. The highest BCUT2D eigenvalue weighted by Crippen LogP contribution is 2.33. The maximum Gasteiger partial charge on any atom is 0.416 e. The molecule has 3 heterocycles. The summed E-state index contributed by atoms with van der Waals surface area (Å²) in [6.07, 6.45) is -4.36. The quantitative estimate of drug-likeness (QED) is 0.698. The van der Waals surface area contributed by atoms with Crippen molar-refractivity contribution in [2.45, 2.75) is 18.8 Å². The predicted molar refractivity (Wildman–Crippen MR) is 129 cm³/mol. The number of rotatable bonds is 4. The highest BCUT2D eigenvalue weighted by Gasteiger charge is 2.51. The van der Waals surface area contributed by atoms with Crippen LogP contribution in [0.3, 0.4) is 0 Å². The van der Waals surface area contributed by atoms with Gasteiger partial charge >= 0.3 is 6.18 Å². The molecule has 0 spiro atoms. The highest BCUT2D eigenvalue weighted by atomic mass is 19.4. The number of hydrogen-bond donors (Lipinski definition) is 1. The Morgan fingerprint density at radius 2 is 1.72 bits per heavy atom. The predicted octanol–water partition coefficient (Wildman–Crippen LogP) is 2.45. The van der Waals surface area contributed by atoms with Crippen LogP contribution in [0.2, 0.25) is 0 Å². The molecule has 2 amide bonds. The summed E-state index contributed by atoms with van der Waals surface area (Å²) in [6.45, 7) is 3.74. The lowest BCUT2D eigenvalue weighted by molar-refractivity contribution is -0.141. The van der Waals surface area contributed by atoms with Crippen molar-refractivity contribution in [1.29, 1.82) is 0 Å². The number of hydrazine groups is 1. The average Bonchev–Trinajstić information content (AvgIpc) is 3.20. The van der Waals surface area contributed by atoms with Crippen LogP contribution in [0.5, 0.6) is 0 Å². The van der Waals surface area contributed by atoms with Crippen molar-refractivity contribution in [2.75, 3.05) is 51.3 Å². The van der Waals surface area contributed by atoms with Crippen LogP contribution in [-0.4, -0.2) is 78.9 Å². The van der Waals surface area contributed by atoms with Crippen LogP contribution in [0.25, 0.3) is 0 Å². The van der Waals surface area contributed by atoms with Gasteiger partial charge in [0.25, 0.3) is 0 Å². The fourth-order valence-corrected chi connectivity index (χ4v) is 5.52. The molecule has 3 aliphatic heterocycles. The van der Waals surface area contributed by atoms with Gasteiger partial charge in [0.05, 0.1) is 29.1 Å². The number of benzene rings is 2. The maximum atomic E-state index is 13.6. The number of fused-ring (bicyclic) bond motifs is 1. The van der Waals surface area contributed by atoms with Gasteiger partial charge in [0.2, 0.25) is 11.8 Å². The van der Waals surface area contributed by atoms with Crippen LogP contribution >= 0.6 is 0 Å². The van der Waals surface area contributed by atoms with E-state index in [1.807, 2.05) is 47.2 Å². The average molecular weight is 502 g/mol. The summed E-state index contributed by atoms with van der Waals surface area (Å²) in [6, 6.07) is 14.5. The lowest BCUT2D eigenvalue weighted by Gasteiger charge is -2.41. The fourth-order valence-electron chi connectivity index (χ4n) is 5.52. The van der Waals surface area contributed by atoms with E-state index < -0.39 is 11.7 Å². The maximum absolute atomic E-state index is 13.6. The molecular formula is C26H30F3N5O2. The number of nitrogens with one attached hydrogen (secondary N) is 1. The first-order valence-corrected chi connectivity index (χ1v) is 12.2. The second kappa shape index (κ2) is 9.84. The molecule has 0 saturated carbocycles. The molecule has 3 fully saturated rings. The van der Waals surface area contributed by atoms with E-state index in [-0.39, 0.29) is 29.7 Å². The number of carbonyl (C=O) groups excluding carboxylic acids is 2. The number of halogens is 3. The van der Waals surface area contributed by atoms with Gasteiger partial charge in [-0.05, 0) is 30.8 Å². The SMILES string of the molecule is CN1CC(C(=O)N2CCN(Cc3cccc(C(F)(F)F)c3)CC2)C2NN(c3ccccc3)C(=O)C2C1. The van der Waals surface area contributed by atoms with Gasteiger partial charge in [0, 0.05) is 45.8 Å². The number of para-hydroxylation sites is 1. The number of likely N-dealkylation sites (tertiary alicyclic amines) is 1. The van der Waals surface area contributed by atoms with Crippen LogP contribution in [0.15, 0.2) is 54.6 Å². The van der Waals surface area contributed by atoms with Gasteiger partial charge in [-0.3, -0.25) is 14.5 Å². The monoisotopic (exact) mass is 501 g/mol. The number of alkyl halides is 3. The van der Waals surface area contributed by atoms with Gasteiger partial charge in [-0.15, -0.1) is 0 Å². The lowest BCUT2D eigenvalue weighted by Crippen LogP contribution is -2.59. The largest absolute Gasteiger partial charge is 0.416 e. The number of anilines is 1. The molecule has 2 aromatic rings. The third-order valence-corrected chi connectivity index (χ3v) is 7.38. The molecule has 3 atom stereocenters. The molecule has 10 heteroatoms. The molecule has 7 nitrogen and oxygen atoms in total. The van der Waals surface area contributed by atoms with Crippen LogP contribution in [0, 0.1) is 11.8 Å². The molecule has 0 radical (unpaired) electrons. The molecule has 0 bridgehead atoms. The number of piperazine rings is 1. The summed E-state index contributed by atoms with van der Waals surface area (Å²) in [7, 11) is 1.93. The van der Waals surface area contributed by atoms with Gasteiger partial charge in [0.15, 0.2) is 0 Å². The van der Waals surface area contributed by atoms with E-state index in [1.165, 1.54) is 12.1 Å². The Labute approximate surface area is 208 Å². The van der Waals surface area contributed by atoms with Crippen molar-refractivity contribution in [2.24, 2.45) is 11.8 Å². The van der Waals surface area contributed by atoms with Crippen molar-refractivity contribution in [3.05, 3.63) is 65.7 Å². The normalized spacial score (nSPS) is 25.8. The zero-order valence-corrected chi connectivity index (χ0v) is 20.1. The van der Waals surface area contributed by atoms with Crippen molar-refractivity contribution < 1.29 is 22.8 Å². The molecule has 3 unspecified atom stereocenters. The number of piperidine rings is 1. The summed E-state index contributed by atoms with van der Waals surface area (Å²) >= 11 is 0. The number of amides is 2. The smallest absolute Gasteiger partial charge is 0.340 e. The zero-order chi connectivity index (χ0) is 25.4. The second-order valence-corrected chi connectivity index (χ2v) is 9.90. The minimum atomic E-state index is -4.36. The number of carbonyl (C=O) groups is 2. The van der Waals surface area contributed by atoms with Crippen molar-refractivity contribution in [1.82, 2.24) is 20.1 Å². The molecule has 0 aliphatic carbocycles. The Kier molecular flexibility index (Phi) is 6.76. The van der Waals surface area contributed by atoms with E-state index in [1.54, 1.807) is 11.1 Å². The highest BCUT2D eigenvalue weighted by molar-refractivity contribution is 5.98. The second-order valence-electron chi connectivity index (χ2n) is 9.90. The van der Waals surface area contributed by atoms with Crippen molar-refractivity contribution in [3.8, 4) is 0 Å². The van der Waals surface area contributed by atoms with E-state index in [9.17, 15) is 22.8 Å². The number of hydrogen-bond acceptors (Lipinski definition) is 5. The van der Waals surface area contributed by atoms with E-state index >= 15 is 0 Å². The molecule has 0 aromatic heterocycles. The third kappa shape index (κ3) is 4.98. The fraction of sp³-hybridized carbons (Fsp3) is 0.462. The molecule has 3 aliphatic rings. The van der Waals surface area contributed by atoms with Crippen LogP contribution in [0.4, 0.5) is 18.9 Å². The van der Waals surface area contributed by atoms with Crippen LogP contribution < -0.4 is 10.4 Å². The molecule has 3 saturated heterocycles. The molecule has 36 heavy (non-hydrogen) atoms. The van der Waals surface area contributed by atoms with Gasteiger partial charge in [-0.25, -0.2) is 10.4 Å². The Balaban J connectivity index is 1.22. The van der Waals surface area contributed by atoms with Crippen molar-refractivity contribution in [3.63, 3.8) is 0 Å². The van der Waals surface area contributed by atoms with Crippen molar-refractivity contribution >= 4 is 17.5 Å². The minimum absolute atomic E-state index is 0.0190. The summed E-state index contributed by atoms with van der Waals surface area (Å²) < 4.78 is 39.1. The summed E-state index contributed by atoms with van der Waals surface area (Å²) in [4.78, 5) is 32.7. The molecular weight excluding hydrogens is 471 g/mol. The Hall–Kier alpha value is -2.95. The first kappa shape index (κ1) is 24.7. The zero-order valence-electron chi connectivity index (χ0n) is 20.1.